The van der Waals surface area contributed by atoms with Crippen molar-refractivity contribution in [1.29, 1.82) is 0 Å². The molecule has 0 saturated heterocycles. The lowest BCUT2D eigenvalue weighted by Gasteiger charge is -2.32. The van der Waals surface area contributed by atoms with E-state index < -0.39 is 0 Å². The van der Waals surface area contributed by atoms with E-state index in [0.29, 0.717) is 12.1 Å². The van der Waals surface area contributed by atoms with Crippen LogP contribution < -0.4 is 10.1 Å². The number of benzene rings is 1. The zero-order chi connectivity index (χ0) is 15.4. The van der Waals surface area contributed by atoms with Crippen molar-refractivity contribution < 1.29 is 4.74 Å². The number of halogens is 1. The van der Waals surface area contributed by atoms with Gasteiger partial charge in [-0.15, -0.1) is 0 Å². The van der Waals surface area contributed by atoms with Gasteiger partial charge in [0.25, 0.3) is 0 Å². The summed E-state index contributed by atoms with van der Waals surface area (Å²) in [6.45, 7) is 10.00. The van der Waals surface area contributed by atoms with Crippen LogP contribution in [-0.2, 0) is 0 Å². The quantitative estimate of drug-likeness (QED) is 0.772. The normalized spacial score (nSPS) is 27.4. The van der Waals surface area contributed by atoms with Gasteiger partial charge in [-0.1, -0.05) is 42.8 Å². The van der Waals surface area contributed by atoms with Crippen molar-refractivity contribution >= 4 is 15.9 Å². The number of rotatable bonds is 5. The second-order valence-corrected chi connectivity index (χ2v) is 7.32. The Labute approximate surface area is 137 Å². The molecule has 0 bridgehead atoms. The molecule has 1 saturated carbocycles. The maximum Gasteiger partial charge on any atom is 0.120 e. The molecule has 1 aromatic rings. The molecule has 1 aliphatic carbocycles. The van der Waals surface area contributed by atoms with Gasteiger partial charge in [0.05, 0.1) is 6.10 Å². The maximum atomic E-state index is 6.20. The number of hydrogen-bond donors (Lipinski definition) is 1. The lowest BCUT2D eigenvalue weighted by atomic mass is 9.80. The average Bonchev–Trinajstić information content (AvgIpc) is 2.43. The first-order valence-electron chi connectivity index (χ1n) is 8.20. The summed E-state index contributed by atoms with van der Waals surface area (Å²) in [6, 6.07) is 6.75. The first-order chi connectivity index (χ1) is 10.0. The number of hydrogen-bond acceptors (Lipinski definition) is 2. The smallest absolute Gasteiger partial charge is 0.120 e. The first-order valence-corrected chi connectivity index (χ1v) is 9.00. The fraction of sp³-hybridized carbons (Fsp3) is 0.667. The van der Waals surface area contributed by atoms with Crippen LogP contribution in [0.2, 0.25) is 0 Å². The fourth-order valence-corrected chi connectivity index (χ4v) is 3.85. The zero-order valence-corrected chi connectivity index (χ0v) is 15.2. The summed E-state index contributed by atoms with van der Waals surface area (Å²) in [5.41, 5.74) is 1.29. The molecule has 21 heavy (non-hydrogen) atoms. The van der Waals surface area contributed by atoms with Crippen LogP contribution in [0.5, 0.6) is 5.75 Å². The standard InChI is InChI=1S/C18H28BrNO/c1-5-20-14(4)17-9-8-16(11-18(17)19)21-15-7-6-12(2)13(3)10-15/h8-9,11-15,20H,5-7,10H2,1-4H3. The highest BCUT2D eigenvalue weighted by atomic mass is 79.9. The lowest BCUT2D eigenvalue weighted by molar-refractivity contribution is 0.101. The molecule has 1 aromatic carbocycles. The molecule has 4 atom stereocenters. The molecule has 0 spiro atoms. The third-order valence-electron chi connectivity index (χ3n) is 4.80. The first kappa shape index (κ1) is 16.8. The largest absolute Gasteiger partial charge is 0.490 e. The molecule has 2 rings (SSSR count). The fourth-order valence-electron chi connectivity index (χ4n) is 3.15. The molecule has 0 radical (unpaired) electrons. The van der Waals surface area contributed by atoms with Crippen LogP contribution in [0.25, 0.3) is 0 Å². The van der Waals surface area contributed by atoms with Gasteiger partial charge >= 0.3 is 0 Å². The van der Waals surface area contributed by atoms with E-state index in [4.69, 9.17) is 4.74 Å². The second kappa shape index (κ2) is 7.64. The molecule has 4 unspecified atom stereocenters. The van der Waals surface area contributed by atoms with Gasteiger partial charge in [-0.25, -0.2) is 0 Å². The van der Waals surface area contributed by atoms with Gasteiger partial charge < -0.3 is 10.1 Å². The van der Waals surface area contributed by atoms with Gasteiger partial charge in [0.15, 0.2) is 0 Å². The molecule has 1 fully saturated rings. The van der Waals surface area contributed by atoms with Crippen molar-refractivity contribution in [3.05, 3.63) is 28.2 Å². The molecule has 118 valence electrons. The summed E-state index contributed by atoms with van der Waals surface area (Å²) in [5.74, 6) is 2.58. The van der Waals surface area contributed by atoms with Crippen molar-refractivity contribution in [3.63, 3.8) is 0 Å². The van der Waals surface area contributed by atoms with E-state index in [-0.39, 0.29) is 0 Å². The van der Waals surface area contributed by atoms with Gasteiger partial charge in [-0.2, -0.15) is 0 Å². The van der Waals surface area contributed by atoms with Gasteiger partial charge in [0.2, 0.25) is 0 Å². The molecule has 0 heterocycles. The van der Waals surface area contributed by atoms with E-state index in [9.17, 15) is 0 Å². The van der Waals surface area contributed by atoms with Gasteiger partial charge in [0.1, 0.15) is 5.75 Å². The Morgan fingerprint density at radius 2 is 2.05 bits per heavy atom. The van der Waals surface area contributed by atoms with E-state index in [1.54, 1.807) is 0 Å². The minimum atomic E-state index is 0.356. The molecule has 1 aliphatic rings. The Balaban J connectivity index is 2.00. The predicted octanol–water partition coefficient (Wildman–Crippen LogP) is 5.32. The van der Waals surface area contributed by atoms with Crippen molar-refractivity contribution in [2.24, 2.45) is 11.8 Å². The summed E-state index contributed by atoms with van der Waals surface area (Å²) in [5, 5.41) is 3.44. The van der Waals surface area contributed by atoms with E-state index in [1.165, 1.54) is 24.8 Å². The zero-order valence-electron chi connectivity index (χ0n) is 13.7. The summed E-state index contributed by atoms with van der Waals surface area (Å²) >= 11 is 3.68. The molecule has 0 aliphatic heterocycles. The van der Waals surface area contributed by atoms with Crippen LogP contribution >= 0.6 is 15.9 Å². The van der Waals surface area contributed by atoms with Crippen molar-refractivity contribution in [1.82, 2.24) is 5.32 Å². The van der Waals surface area contributed by atoms with Crippen LogP contribution in [0.1, 0.15) is 58.6 Å². The third-order valence-corrected chi connectivity index (χ3v) is 5.49. The van der Waals surface area contributed by atoms with Crippen LogP contribution in [-0.4, -0.2) is 12.6 Å². The van der Waals surface area contributed by atoms with Crippen LogP contribution in [0.4, 0.5) is 0 Å². The minimum Gasteiger partial charge on any atom is -0.490 e. The highest BCUT2D eigenvalue weighted by Gasteiger charge is 2.25. The third kappa shape index (κ3) is 4.46. The second-order valence-electron chi connectivity index (χ2n) is 6.47. The predicted molar refractivity (Wildman–Crippen MR) is 92.8 cm³/mol. The topological polar surface area (TPSA) is 21.3 Å². The summed E-state index contributed by atoms with van der Waals surface area (Å²) in [6.07, 6.45) is 4.01. The van der Waals surface area contributed by atoms with E-state index in [2.05, 4.69) is 67.1 Å². The Morgan fingerprint density at radius 3 is 2.67 bits per heavy atom. The van der Waals surface area contributed by atoms with Gasteiger partial charge in [-0.05, 0) is 62.3 Å². The van der Waals surface area contributed by atoms with Gasteiger partial charge in [0, 0.05) is 10.5 Å². The molecular weight excluding hydrogens is 326 g/mol. The molecular formula is C18H28BrNO. The molecule has 0 amide bonds. The summed E-state index contributed by atoms with van der Waals surface area (Å²) in [4.78, 5) is 0. The minimum absolute atomic E-state index is 0.356. The Morgan fingerprint density at radius 1 is 1.29 bits per heavy atom. The van der Waals surface area contributed by atoms with Gasteiger partial charge in [-0.3, -0.25) is 0 Å². The molecule has 0 aromatic heterocycles. The van der Waals surface area contributed by atoms with E-state index in [1.807, 2.05) is 0 Å². The molecule has 3 heteroatoms. The van der Waals surface area contributed by atoms with Crippen LogP contribution in [0.3, 0.4) is 0 Å². The van der Waals surface area contributed by atoms with E-state index in [0.717, 1.165) is 28.6 Å². The Hall–Kier alpha value is -0.540. The summed E-state index contributed by atoms with van der Waals surface area (Å²) < 4.78 is 7.33. The Kier molecular flexibility index (Phi) is 6.12. The average molecular weight is 354 g/mol. The van der Waals surface area contributed by atoms with Crippen molar-refractivity contribution in [3.8, 4) is 5.75 Å². The number of nitrogens with one attached hydrogen (secondary N) is 1. The number of ether oxygens (including phenoxy) is 1. The maximum absolute atomic E-state index is 6.20. The van der Waals surface area contributed by atoms with Crippen molar-refractivity contribution in [2.75, 3.05) is 6.54 Å². The summed E-state index contributed by atoms with van der Waals surface area (Å²) in [7, 11) is 0. The van der Waals surface area contributed by atoms with Crippen molar-refractivity contribution in [2.45, 2.75) is 59.1 Å². The monoisotopic (exact) mass is 353 g/mol. The van der Waals surface area contributed by atoms with Crippen LogP contribution in [0, 0.1) is 11.8 Å². The lowest BCUT2D eigenvalue weighted by Crippen LogP contribution is -2.28. The van der Waals surface area contributed by atoms with Crippen LogP contribution in [0.15, 0.2) is 22.7 Å². The SMILES string of the molecule is CCNC(C)c1ccc(OC2CCC(C)C(C)C2)cc1Br. The molecule has 2 nitrogen and oxygen atoms in total. The van der Waals surface area contributed by atoms with E-state index >= 15 is 0 Å². The highest BCUT2D eigenvalue weighted by molar-refractivity contribution is 9.10. The molecule has 1 N–H and O–H groups in total. The highest BCUT2D eigenvalue weighted by Crippen LogP contribution is 2.33. The Bertz CT molecular complexity index is 463.